The number of aliphatic hydroxyl groups excluding tert-OH is 1. The zero-order valence-corrected chi connectivity index (χ0v) is 12.8. The van der Waals surface area contributed by atoms with E-state index in [4.69, 9.17) is 14.6 Å². The Balaban J connectivity index is 2.63. The molecule has 0 heterocycles. The van der Waals surface area contributed by atoms with Gasteiger partial charge in [0.1, 0.15) is 0 Å². The highest BCUT2D eigenvalue weighted by Gasteiger charge is 2.09. The number of nitrogens with one attached hydrogen (secondary N) is 2. The average molecular weight is 296 g/mol. The van der Waals surface area contributed by atoms with Gasteiger partial charge in [-0.15, -0.1) is 0 Å². The first-order valence-electron chi connectivity index (χ1n) is 7.01. The fourth-order valence-corrected chi connectivity index (χ4v) is 1.69. The standard InChI is InChI=1S/C15H24N2O4/c1-4-16-15(19)10-21-13-6-5-12(7-14(13)20-3)8-17-11(2)9-18/h5-7,11,17-18H,4,8-10H2,1-3H3,(H,16,19)/t11-/m1/s1. The van der Waals surface area contributed by atoms with Gasteiger partial charge < -0.3 is 25.2 Å². The van der Waals surface area contributed by atoms with Crippen LogP contribution >= 0.6 is 0 Å². The average Bonchev–Trinajstić information content (AvgIpc) is 2.51. The van der Waals surface area contributed by atoms with Crippen LogP contribution in [0.15, 0.2) is 18.2 Å². The first kappa shape index (κ1) is 17.3. The van der Waals surface area contributed by atoms with Gasteiger partial charge in [-0.3, -0.25) is 4.79 Å². The number of likely N-dealkylation sites (N-methyl/N-ethyl adjacent to an activating group) is 1. The van der Waals surface area contributed by atoms with Gasteiger partial charge in [-0.2, -0.15) is 0 Å². The molecule has 6 nitrogen and oxygen atoms in total. The molecule has 6 heteroatoms. The van der Waals surface area contributed by atoms with Gasteiger partial charge in [0.05, 0.1) is 13.7 Å². The van der Waals surface area contributed by atoms with Crippen molar-refractivity contribution >= 4 is 5.91 Å². The second-order valence-corrected chi connectivity index (χ2v) is 4.69. The summed E-state index contributed by atoms with van der Waals surface area (Å²) in [5.74, 6) is 0.944. The molecule has 3 N–H and O–H groups in total. The van der Waals surface area contributed by atoms with Crippen molar-refractivity contribution in [3.63, 3.8) is 0 Å². The Labute approximate surface area is 125 Å². The third-order valence-corrected chi connectivity index (χ3v) is 2.89. The van der Waals surface area contributed by atoms with Crippen LogP contribution < -0.4 is 20.1 Å². The Morgan fingerprint density at radius 2 is 2.14 bits per heavy atom. The van der Waals surface area contributed by atoms with Gasteiger partial charge in [-0.1, -0.05) is 6.07 Å². The van der Waals surface area contributed by atoms with Crippen molar-refractivity contribution in [3.8, 4) is 11.5 Å². The van der Waals surface area contributed by atoms with Crippen LogP contribution in [-0.4, -0.2) is 43.9 Å². The number of rotatable bonds is 9. The zero-order chi connectivity index (χ0) is 15.7. The molecule has 0 unspecified atom stereocenters. The summed E-state index contributed by atoms with van der Waals surface area (Å²) in [7, 11) is 1.56. The van der Waals surface area contributed by atoms with Crippen molar-refractivity contribution in [1.82, 2.24) is 10.6 Å². The number of aliphatic hydroxyl groups is 1. The van der Waals surface area contributed by atoms with E-state index in [-0.39, 0.29) is 25.2 Å². The molecular formula is C15H24N2O4. The molecule has 1 amide bonds. The lowest BCUT2D eigenvalue weighted by molar-refractivity contribution is -0.123. The van der Waals surface area contributed by atoms with E-state index >= 15 is 0 Å². The Morgan fingerprint density at radius 3 is 2.76 bits per heavy atom. The van der Waals surface area contributed by atoms with Crippen LogP contribution in [-0.2, 0) is 11.3 Å². The smallest absolute Gasteiger partial charge is 0.257 e. The molecule has 1 aromatic rings. The first-order chi connectivity index (χ1) is 10.1. The number of hydrogen-bond acceptors (Lipinski definition) is 5. The molecule has 0 saturated carbocycles. The number of carbonyl (C=O) groups is 1. The number of benzene rings is 1. The molecule has 0 aromatic heterocycles. The largest absolute Gasteiger partial charge is 0.493 e. The van der Waals surface area contributed by atoms with E-state index in [0.717, 1.165) is 5.56 Å². The summed E-state index contributed by atoms with van der Waals surface area (Å²) in [6, 6.07) is 5.56. The maximum atomic E-state index is 11.4. The Bertz CT molecular complexity index is 451. The van der Waals surface area contributed by atoms with Crippen molar-refractivity contribution < 1.29 is 19.4 Å². The maximum absolute atomic E-state index is 11.4. The van der Waals surface area contributed by atoms with Crippen LogP contribution in [0.3, 0.4) is 0 Å². The zero-order valence-electron chi connectivity index (χ0n) is 12.8. The van der Waals surface area contributed by atoms with Crippen molar-refractivity contribution in [2.75, 3.05) is 26.9 Å². The van der Waals surface area contributed by atoms with Crippen LogP contribution in [0.25, 0.3) is 0 Å². The van der Waals surface area contributed by atoms with E-state index in [9.17, 15) is 4.79 Å². The minimum absolute atomic E-state index is 0.0321. The molecule has 0 bridgehead atoms. The summed E-state index contributed by atoms with van der Waals surface area (Å²) in [6.07, 6.45) is 0. The van der Waals surface area contributed by atoms with Gasteiger partial charge in [0.25, 0.3) is 5.91 Å². The van der Waals surface area contributed by atoms with Crippen LogP contribution in [0.5, 0.6) is 11.5 Å². The Kier molecular flexibility index (Phi) is 7.56. The molecule has 1 aromatic carbocycles. The molecule has 118 valence electrons. The van der Waals surface area contributed by atoms with Crippen LogP contribution in [0.2, 0.25) is 0 Å². The molecule has 0 radical (unpaired) electrons. The third kappa shape index (κ3) is 6.01. The normalized spacial score (nSPS) is 11.8. The predicted molar refractivity (Wildman–Crippen MR) is 80.6 cm³/mol. The van der Waals surface area contributed by atoms with Gasteiger partial charge in [0.15, 0.2) is 18.1 Å². The molecule has 21 heavy (non-hydrogen) atoms. The topological polar surface area (TPSA) is 79.8 Å². The lowest BCUT2D eigenvalue weighted by Gasteiger charge is -2.14. The van der Waals surface area contributed by atoms with Crippen molar-refractivity contribution in [3.05, 3.63) is 23.8 Å². The van der Waals surface area contributed by atoms with Gasteiger partial charge in [-0.05, 0) is 31.5 Å². The Morgan fingerprint density at radius 1 is 1.38 bits per heavy atom. The summed E-state index contributed by atoms with van der Waals surface area (Å²) >= 11 is 0. The van der Waals surface area contributed by atoms with Gasteiger partial charge in [0, 0.05) is 19.1 Å². The van der Waals surface area contributed by atoms with Crippen LogP contribution in [0.4, 0.5) is 0 Å². The second-order valence-electron chi connectivity index (χ2n) is 4.69. The fraction of sp³-hybridized carbons (Fsp3) is 0.533. The molecule has 0 fully saturated rings. The van der Waals surface area contributed by atoms with E-state index in [2.05, 4.69) is 10.6 Å². The minimum Gasteiger partial charge on any atom is -0.493 e. The summed E-state index contributed by atoms with van der Waals surface area (Å²) in [6.45, 7) is 5.00. The maximum Gasteiger partial charge on any atom is 0.257 e. The monoisotopic (exact) mass is 296 g/mol. The first-order valence-corrected chi connectivity index (χ1v) is 7.01. The van der Waals surface area contributed by atoms with Crippen molar-refractivity contribution in [1.29, 1.82) is 0 Å². The van der Waals surface area contributed by atoms with E-state index in [0.29, 0.717) is 24.6 Å². The fourth-order valence-electron chi connectivity index (χ4n) is 1.69. The molecule has 1 rings (SSSR count). The van der Waals surface area contributed by atoms with E-state index in [1.165, 1.54) is 0 Å². The predicted octanol–water partition coefficient (Wildman–Crippen LogP) is 0.681. The summed E-state index contributed by atoms with van der Waals surface area (Å²) in [4.78, 5) is 11.4. The molecule has 0 saturated heterocycles. The quantitative estimate of drug-likeness (QED) is 0.624. The van der Waals surface area contributed by atoms with Gasteiger partial charge in [0.2, 0.25) is 0 Å². The summed E-state index contributed by atoms with van der Waals surface area (Å²) in [5.41, 5.74) is 1.01. The highest BCUT2D eigenvalue weighted by atomic mass is 16.5. The number of hydrogen-bond donors (Lipinski definition) is 3. The molecule has 0 aliphatic carbocycles. The molecular weight excluding hydrogens is 272 g/mol. The minimum atomic E-state index is -0.165. The van der Waals surface area contributed by atoms with Crippen molar-refractivity contribution in [2.45, 2.75) is 26.4 Å². The Hall–Kier alpha value is -1.79. The number of ether oxygens (including phenoxy) is 2. The van der Waals surface area contributed by atoms with Crippen LogP contribution in [0, 0.1) is 0 Å². The second kappa shape index (κ2) is 9.20. The highest BCUT2D eigenvalue weighted by Crippen LogP contribution is 2.28. The lowest BCUT2D eigenvalue weighted by Crippen LogP contribution is -2.29. The number of amides is 1. The molecule has 0 spiro atoms. The highest BCUT2D eigenvalue weighted by molar-refractivity contribution is 5.77. The van der Waals surface area contributed by atoms with Crippen molar-refractivity contribution in [2.24, 2.45) is 0 Å². The number of carbonyl (C=O) groups excluding carboxylic acids is 1. The molecule has 0 aliphatic heterocycles. The third-order valence-electron chi connectivity index (χ3n) is 2.89. The molecule has 1 atom stereocenters. The summed E-state index contributed by atoms with van der Waals surface area (Å²) < 4.78 is 10.7. The van der Waals surface area contributed by atoms with E-state index in [1.54, 1.807) is 13.2 Å². The number of methoxy groups -OCH3 is 1. The van der Waals surface area contributed by atoms with Crippen LogP contribution in [0.1, 0.15) is 19.4 Å². The molecule has 0 aliphatic rings. The van der Waals surface area contributed by atoms with Gasteiger partial charge in [-0.25, -0.2) is 0 Å². The summed E-state index contributed by atoms with van der Waals surface area (Å²) in [5, 5.41) is 14.8. The van der Waals surface area contributed by atoms with E-state index < -0.39 is 0 Å². The lowest BCUT2D eigenvalue weighted by atomic mass is 10.2. The van der Waals surface area contributed by atoms with Gasteiger partial charge >= 0.3 is 0 Å². The van der Waals surface area contributed by atoms with E-state index in [1.807, 2.05) is 26.0 Å². The SMILES string of the molecule is CCNC(=O)COc1ccc(CN[C@H](C)CO)cc1OC.